The van der Waals surface area contributed by atoms with Crippen LogP contribution in [0, 0.1) is 0 Å². The number of carbonyl (C=O) groups is 1. The summed E-state index contributed by atoms with van der Waals surface area (Å²) in [5.41, 5.74) is 5.59. The highest BCUT2D eigenvalue weighted by molar-refractivity contribution is 5.79. The van der Waals surface area contributed by atoms with Crippen LogP contribution in [0.1, 0.15) is 42.8 Å². The number of alkyl carbamates (subject to hydrolysis) is 1. The highest BCUT2D eigenvalue weighted by atomic mass is 16.5. The Morgan fingerprint density at radius 2 is 1.52 bits per heavy atom. The lowest BCUT2D eigenvalue weighted by Crippen LogP contribution is -2.34. The molecule has 6 rings (SSSR count). The van der Waals surface area contributed by atoms with Crippen LogP contribution in [-0.2, 0) is 4.74 Å². The smallest absolute Gasteiger partial charge is 0.407 e. The molecule has 5 aromatic rings. The van der Waals surface area contributed by atoms with Crippen molar-refractivity contribution >= 4 is 17.0 Å². The summed E-state index contributed by atoms with van der Waals surface area (Å²) in [6.45, 7) is 4.45. The molecular weight excluding hydrogens is 502 g/mol. The summed E-state index contributed by atoms with van der Waals surface area (Å²) in [5.74, 6) is 1.06. The Morgan fingerprint density at radius 3 is 2.20 bits per heavy atom. The molecule has 40 heavy (non-hydrogen) atoms. The standard InChI is InChI=1S/C33H29N3O4/c1-3-39-23-18-16-22(17-19-23)36-31(35-30-15-9-8-14-28(30)32(36)37)21(2)34-33(38)40-20-29-26-12-6-4-10-24(26)25-11-5-7-13-27(25)29/h4-19,21,29H,3,20H2,1-2H3,(H,34,38)/t21-/m1/s1. The van der Waals surface area contributed by atoms with Crippen LogP contribution in [0.15, 0.2) is 102 Å². The minimum Gasteiger partial charge on any atom is -0.494 e. The maximum absolute atomic E-state index is 13.6. The van der Waals surface area contributed by atoms with Crippen molar-refractivity contribution in [2.75, 3.05) is 13.2 Å². The van der Waals surface area contributed by atoms with Crippen molar-refractivity contribution in [3.05, 3.63) is 124 Å². The summed E-state index contributed by atoms with van der Waals surface area (Å²) in [5, 5.41) is 3.39. The number of rotatable bonds is 7. The number of hydrogen-bond donors (Lipinski definition) is 1. The Kier molecular flexibility index (Phi) is 6.78. The minimum absolute atomic E-state index is 0.0470. The van der Waals surface area contributed by atoms with Crippen LogP contribution in [-0.4, -0.2) is 28.9 Å². The highest BCUT2D eigenvalue weighted by Crippen LogP contribution is 2.44. The molecule has 1 aliphatic carbocycles. The molecule has 0 bridgehead atoms. The van der Waals surface area contributed by atoms with E-state index in [2.05, 4.69) is 29.6 Å². The second kappa shape index (κ2) is 10.7. The first-order valence-corrected chi connectivity index (χ1v) is 13.4. The number of nitrogens with zero attached hydrogens (tertiary/aromatic N) is 2. The second-order valence-corrected chi connectivity index (χ2v) is 9.75. The Morgan fingerprint density at radius 1 is 0.900 bits per heavy atom. The Hall–Kier alpha value is -4.91. The summed E-state index contributed by atoms with van der Waals surface area (Å²) in [6, 6.07) is 30.3. The average molecular weight is 532 g/mol. The third kappa shape index (κ3) is 4.60. The second-order valence-electron chi connectivity index (χ2n) is 9.75. The van der Waals surface area contributed by atoms with Crippen LogP contribution < -0.4 is 15.6 Å². The van der Waals surface area contributed by atoms with Crippen molar-refractivity contribution < 1.29 is 14.3 Å². The van der Waals surface area contributed by atoms with Gasteiger partial charge in [0.1, 0.15) is 18.2 Å². The molecule has 1 amide bonds. The Balaban J connectivity index is 1.26. The molecule has 0 radical (unpaired) electrons. The molecule has 0 aliphatic heterocycles. The van der Waals surface area contributed by atoms with E-state index in [0.29, 0.717) is 34.8 Å². The van der Waals surface area contributed by atoms with Crippen molar-refractivity contribution in [1.82, 2.24) is 14.9 Å². The summed E-state index contributed by atoms with van der Waals surface area (Å²) in [4.78, 5) is 31.5. The molecule has 1 heterocycles. The average Bonchev–Trinajstić information content (AvgIpc) is 3.30. The van der Waals surface area contributed by atoms with Gasteiger partial charge in [-0.3, -0.25) is 9.36 Å². The van der Waals surface area contributed by atoms with Gasteiger partial charge >= 0.3 is 6.09 Å². The third-order valence-corrected chi connectivity index (χ3v) is 7.27. The van der Waals surface area contributed by atoms with Crippen molar-refractivity contribution in [3.63, 3.8) is 0 Å². The lowest BCUT2D eigenvalue weighted by Gasteiger charge is -2.20. The van der Waals surface area contributed by atoms with Gasteiger partial charge in [-0.15, -0.1) is 0 Å². The first-order chi connectivity index (χ1) is 19.5. The number of para-hydroxylation sites is 1. The van der Waals surface area contributed by atoms with Crippen LogP contribution in [0.4, 0.5) is 4.79 Å². The topological polar surface area (TPSA) is 82.4 Å². The van der Waals surface area contributed by atoms with E-state index < -0.39 is 12.1 Å². The number of nitrogens with one attached hydrogen (secondary N) is 1. The maximum atomic E-state index is 13.6. The first kappa shape index (κ1) is 25.4. The normalized spacial score (nSPS) is 12.9. The molecule has 4 aromatic carbocycles. The van der Waals surface area contributed by atoms with E-state index in [9.17, 15) is 9.59 Å². The SMILES string of the molecule is CCOc1ccc(-n2c([C@@H](C)NC(=O)OCC3c4ccccc4-c4ccccc43)nc3ccccc3c2=O)cc1. The molecule has 0 saturated carbocycles. The molecule has 0 unspecified atom stereocenters. The summed E-state index contributed by atoms with van der Waals surface area (Å²) in [6.07, 6.45) is -0.574. The van der Waals surface area contributed by atoms with Gasteiger partial charge < -0.3 is 14.8 Å². The Labute approximate surface area is 232 Å². The van der Waals surface area contributed by atoms with Gasteiger partial charge in [-0.25, -0.2) is 9.78 Å². The first-order valence-electron chi connectivity index (χ1n) is 13.4. The van der Waals surface area contributed by atoms with E-state index >= 15 is 0 Å². The van der Waals surface area contributed by atoms with E-state index in [0.717, 1.165) is 11.1 Å². The lowest BCUT2D eigenvalue weighted by molar-refractivity contribution is 0.139. The molecule has 0 fully saturated rings. The van der Waals surface area contributed by atoms with Crippen molar-refractivity contribution in [1.29, 1.82) is 0 Å². The van der Waals surface area contributed by atoms with Gasteiger partial charge in [0.25, 0.3) is 5.56 Å². The predicted molar refractivity (Wildman–Crippen MR) is 155 cm³/mol. The van der Waals surface area contributed by atoms with E-state index in [-0.39, 0.29) is 18.1 Å². The van der Waals surface area contributed by atoms with Crippen LogP contribution in [0.3, 0.4) is 0 Å². The number of hydrogen-bond acceptors (Lipinski definition) is 5. The fourth-order valence-corrected chi connectivity index (χ4v) is 5.43. The minimum atomic E-state index is -0.612. The number of benzene rings is 4. The molecule has 0 saturated heterocycles. The molecule has 1 N–H and O–H groups in total. The molecule has 200 valence electrons. The van der Waals surface area contributed by atoms with Crippen molar-refractivity contribution in [2.24, 2.45) is 0 Å². The molecule has 0 spiro atoms. The quantitative estimate of drug-likeness (QED) is 0.263. The molecule has 7 nitrogen and oxygen atoms in total. The number of amides is 1. The fourth-order valence-electron chi connectivity index (χ4n) is 5.43. The van der Waals surface area contributed by atoms with Crippen LogP contribution in [0.5, 0.6) is 5.75 Å². The zero-order valence-electron chi connectivity index (χ0n) is 22.3. The summed E-state index contributed by atoms with van der Waals surface area (Å²) >= 11 is 0. The van der Waals surface area contributed by atoms with Gasteiger partial charge in [0.05, 0.1) is 29.2 Å². The number of ether oxygens (including phenoxy) is 2. The van der Waals surface area contributed by atoms with E-state index in [4.69, 9.17) is 14.5 Å². The zero-order chi connectivity index (χ0) is 27.6. The molecule has 7 heteroatoms. The molecule has 1 aliphatic rings. The van der Waals surface area contributed by atoms with Gasteiger partial charge in [0.2, 0.25) is 0 Å². The number of carbonyl (C=O) groups excluding carboxylic acids is 1. The van der Waals surface area contributed by atoms with E-state index in [1.165, 1.54) is 15.7 Å². The highest BCUT2D eigenvalue weighted by Gasteiger charge is 2.29. The van der Waals surface area contributed by atoms with Crippen molar-refractivity contribution in [2.45, 2.75) is 25.8 Å². The summed E-state index contributed by atoms with van der Waals surface area (Å²) < 4.78 is 12.9. The summed E-state index contributed by atoms with van der Waals surface area (Å²) in [7, 11) is 0. The van der Waals surface area contributed by atoms with Gasteiger partial charge in [-0.05, 0) is 72.5 Å². The zero-order valence-corrected chi connectivity index (χ0v) is 22.3. The van der Waals surface area contributed by atoms with Crippen LogP contribution in [0.25, 0.3) is 27.7 Å². The van der Waals surface area contributed by atoms with Crippen LogP contribution >= 0.6 is 0 Å². The predicted octanol–water partition coefficient (Wildman–Crippen LogP) is 6.38. The monoisotopic (exact) mass is 531 g/mol. The largest absolute Gasteiger partial charge is 0.494 e. The number of aromatic nitrogens is 2. The third-order valence-electron chi connectivity index (χ3n) is 7.27. The molecule has 1 atom stereocenters. The van der Waals surface area contributed by atoms with Crippen LogP contribution in [0.2, 0.25) is 0 Å². The van der Waals surface area contributed by atoms with Gasteiger partial charge in [0, 0.05) is 5.92 Å². The molecule has 1 aromatic heterocycles. The van der Waals surface area contributed by atoms with Crippen molar-refractivity contribution in [3.8, 4) is 22.6 Å². The van der Waals surface area contributed by atoms with E-state index in [1.54, 1.807) is 19.1 Å². The fraction of sp³-hybridized carbons (Fsp3) is 0.182. The Bertz CT molecular complexity index is 1720. The van der Waals surface area contributed by atoms with Gasteiger partial charge in [-0.2, -0.15) is 0 Å². The van der Waals surface area contributed by atoms with Gasteiger partial charge in [-0.1, -0.05) is 60.7 Å². The lowest BCUT2D eigenvalue weighted by atomic mass is 9.98. The maximum Gasteiger partial charge on any atom is 0.407 e. The van der Waals surface area contributed by atoms with Gasteiger partial charge in [0.15, 0.2) is 0 Å². The van der Waals surface area contributed by atoms with E-state index in [1.807, 2.05) is 67.6 Å². The molecular formula is C33H29N3O4. The number of fused-ring (bicyclic) bond motifs is 4.